The highest BCUT2D eigenvalue weighted by atomic mass is 32.2. The molecule has 4 aromatic carbocycles. The quantitative estimate of drug-likeness (QED) is 0.0699. The Bertz CT molecular complexity index is 2160. The number of allylic oxidation sites excluding steroid dienone is 13. The van der Waals surface area contributed by atoms with E-state index in [4.69, 9.17) is 26.8 Å². The summed E-state index contributed by atoms with van der Waals surface area (Å²) in [4.78, 5) is 16.9. The van der Waals surface area contributed by atoms with Crippen LogP contribution in [0.25, 0.3) is 28.9 Å². The second-order valence-corrected chi connectivity index (χ2v) is 13.0. The molecule has 4 nitrogen and oxygen atoms in total. The maximum Gasteiger partial charge on any atom is 0.164 e. The van der Waals surface area contributed by atoms with Gasteiger partial charge in [0.05, 0.1) is 11.5 Å². The van der Waals surface area contributed by atoms with Crippen molar-refractivity contribution in [3.05, 3.63) is 217 Å². The van der Waals surface area contributed by atoms with E-state index in [0.717, 1.165) is 35.1 Å². The van der Waals surface area contributed by atoms with Gasteiger partial charge in [-0.2, -0.15) is 5.26 Å². The summed E-state index contributed by atoms with van der Waals surface area (Å²) in [6.07, 6.45) is 25.1. The summed E-state index contributed by atoms with van der Waals surface area (Å²) < 4.78 is 0. The van der Waals surface area contributed by atoms with Crippen LogP contribution in [0.1, 0.15) is 29.8 Å². The molecule has 0 spiro atoms. The maximum atomic E-state index is 8.87. The Morgan fingerprint density at radius 3 is 1.87 bits per heavy atom. The van der Waals surface area contributed by atoms with E-state index in [1.807, 2.05) is 91.0 Å². The molecule has 0 radical (unpaired) electrons. The van der Waals surface area contributed by atoms with Gasteiger partial charge in [0.2, 0.25) is 0 Å². The molecule has 0 fully saturated rings. The van der Waals surface area contributed by atoms with Crippen LogP contribution >= 0.6 is 11.8 Å². The van der Waals surface area contributed by atoms with E-state index in [9.17, 15) is 0 Å². The first kappa shape index (κ1) is 35.5. The van der Waals surface area contributed by atoms with Crippen LogP contribution in [0.4, 0.5) is 0 Å². The number of rotatable bonds is 13. The zero-order chi connectivity index (χ0) is 36.0. The van der Waals surface area contributed by atoms with Gasteiger partial charge in [0.15, 0.2) is 17.5 Å². The second kappa shape index (κ2) is 17.5. The molecule has 1 aromatic heterocycles. The molecule has 1 aliphatic rings. The molecule has 0 unspecified atom stereocenters. The van der Waals surface area contributed by atoms with E-state index < -0.39 is 5.41 Å². The number of unbranched alkanes of at least 4 members (excludes halogenated alkanes) is 1. The third kappa shape index (κ3) is 8.00. The Kier molecular flexibility index (Phi) is 12.0. The van der Waals surface area contributed by atoms with Gasteiger partial charge < -0.3 is 0 Å². The summed E-state index contributed by atoms with van der Waals surface area (Å²) in [7, 11) is 0. The predicted octanol–water partition coefficient (Wildman–Crippen LogP) is 11.9. The Morgan fingerprint density at radius 1 is 0.673 bits per heavy atom. The summed E-state index contributed by atoms with van der Waals surface area (Å²) in [6.45, 7) is 8.67. The number of hydrogen-bond donors (Lipinski definition) is 0. The van der Waals surface area contributed by atoms with E-state index in [0.29, 0.717) is 17.5 Å². The minimum Gasteiger partial charge on any atom is -0.209 e. The molecule has 0 aliphatic carbocycles. The monoisotopic (exact) mass is 690 g/mol. The number of nitriles is 1. The van der Waals surface area contributed by atoms with E-state index in [2.05, 4.69) is 85.5 Å². The molecule has 2 heterocycles. The van der Waals surface area contributed by atoms with Crippen LogP contribution in [0.3, 0.4) is 0 Å². The Hall–Kier alpha value is -6.35. The zero-order valence-electron chi connectivity index (χ0n) is 28.8. The molecule has 0 bridgehead atoms. The summed E-state index contributed by atoms with van der Waals surface area (Å²) in [5.74, 6) is 1.80. The molecule has 0 atom stereocenters. The highest BCUT2D eigenvalue weighted by Gasteiger charge is 2.44. The molecule has 6 rings (SSSR count). The fourth-order valence-corrected chi connectivity index (χ4v) is 7.49. The van der Waals surface area contributed by atoms with Gasteiger partial charge >= 0.3 is 0 Å². The summed E-state index contributed by atoms with van der Waals surface area (Å²) >= 11 is 1.79. The van der Waals surface area contributed by atoms with Crippen molar-refractivity contribution in [3.8, 4) is 28.8 Å². The summed E-state index contributed by atoms with van der Waals surface area (Å²) in [5.41, 5.74) is 5.59. The van der Waals surface area contributed by atoms with Crippen LogP contribution in [0.2, 0.25) is 0 Å². The third-order valence-electron chi connectivity index (χ3n) is 8.61. The predicted molar refractivity (Wildman–Crippen MR) is 216 cm³/mol. The molecule has 5 heteroatoms. The molecule has 5 aromatic rings. The van der Waals surface area contributed by atoms with E-state index >= 15 is 0 Å². The van der Waals surface area contributed by atoms with E-state index in [1.54, 1.807) is 23.9 Å². The van der Waals surface area contributed by atoms with Gasteiger partial charge in [0, 0.05) is 27.0 Å². The number of benzene rings is 4. The van der Waals surface area contributed by atoms with Crippen LogP contribution in [0, 0.1) is 11.3 Å². The Balaban J connectivity index is 1.46. The normalized spacial score (nSPS) is 13.9. The highest BCUT2D eigenvalue weighted by molar-refractivity contribution is 7.99. The van der Waals surface area contributed by atoms with Crippen molar-refractivity contribution >= 4 is 17.8 Å². The van der Waals surface area contributed by atoms with Gasteiger partial charge in [-0.15, -0.1) is 0 Å². The zero-order valence-corrected chi connectivity index (χ0v) is 29.7. The lowest BCUT2D eigenvalue weighted by Gasteiger charge is -2.43. The molecule has 252 valence electrons. The van der Waals surface area contributed by atoms with Crippen LogP contribution in [0.15, 0.2) is 210 Å². The summed E-state index contributed by atoms with van der Waals surface area (Å²) in [5, 5.41) is 8.87. The van der Waals surface area contributed by atoms with Gasteiger partial charge in [-0.3, -0.25) is 0 Å². The van der Waals surface area contributed by atoms with Gasteiger partial charge in [-0.1, -0.05) is 183 Å². The van der Waals surface area contributed by atoms with Gasteiger partial charge in [-0.05, 0) is 53.3 Å². The van der Waals surface area contributed by atoms with Crippen LogP contribution in [0.5, 0.6) is 0 Å². The van der Waals surface area contributed by atoms with Crippen LogP contribution in [-0.4, -0.2) is 15.0 Å². The smallest absolute Gasteiger partial charge is 0.164 e. The van der Waals surface area contributed by atoms with Crippen molar-refractivity contribution in [2.75, 3.05) is 0 Å². The molecular weight excluding hydrogens is 653 g/mol. The lowest BCUT2D eigenvalue weighted by atomic mass is 9.63. The number of hydrogen-bond acceptors (Lipinski definition) is 5. The average molecular weight is 691 g/mol. The Labute approximate surface area is 311 Å². The minimum atomic E-state index is -0.666. The van der Waals surface area contributed by atoms with Crippen LogP contribution < -0.4 is 0 Å². The average Bonchev–Trinajstić information content (AvgIpc) is 3.20. The largest absolute Gasteiger partial charge is 0.209 e. The van der Waals surface area contributed by atoms with Crippen molar-refractivity contribution in [1.82, 2.24) is 15.0 Å². The summed E-state index contributed by atoms with van der Waals surface area (Å²) in [6, 6.07) is 39.2. The van der Waals surface area contributed by atoms with Gasteiger partial charge in [-0.25, -0.2) is 15.0 Å². The topological polar surface area (TPSA) is 62.5 Å². The van der Waals surface area contributed by atoms with Crippen LogP contribution in [-0.2, 0) is 5.41 Å². The first-order valence-corrected chi connectivity index (χ1v) is 18.0. The molecule has 0 saturated carbocycles. The lowest BCUT2D eigenvalue weighted by molar-refractivity contribution is 0.697. The van der Waals surface area contributed by atoms with Crippen molar-refractivity contribution in [2.45, 2.75) is 28.0 Å². The first-order valence-electron chi connectivity index (χ1n) is 17.1. The van der Waals surface area contributed by atoms with Crippen molar-refractivity contribution in [2.24, 2.45) is 0 Å². The third-order valence-corrected chi connectivity index (χ3v) is 9.77. The molecular formula is C47H38N4S. The molecule has 52 heavy (non-hydrogen) atoms. The maximum absolute atomic E-state index is 8.87. The SMILES string of the molecule is C=C/C=C\C(=C)C1(C(/C=C\C=C\c2nc(-c3ccccc3)nc(-c3ccccc3)n2)=C\CC/C=C\C=C\C#N)c2ccccc2Sc2ccccc21. The molecule has 0 N–H and O–H groups in total. The minimum absolute atomic E-state index is 0.566. The van der Waals surface area contributed by atoms with Gasteiger partial charge in [0.1, 0.15) is 0 Å². The van der Waals surface area contributed by atoms with Crippen molar-refractivity contribution in [1.29, 1.82) is 5.26 Å². The first-order chi connectivity index (χ1) is 25.6. The molecule has 1 aliphatic heterocycles. The fourth-order valence-electron chi connectivity index (χ4n) is 6.30. The molecule has 0 saturated heterocycles. The van der Waals surface area contributed by atoms with E-state index in [1.165, 1.54) is 27.0 Å². The number of aromatic nitrogens is 3. The highest BCUT2D eigenvalue weighted by Crippen LogP contribution is 2.56. The van der Waals surface area contributed by atoms with Gasteiger partial charge in [0.25, 0.3) is 0 Å². The van der Waals surface area contributed by atoms with E-state index in [-0.39, 0.29) is 0 Å². The lowest BCUT2D eigenvalue weighted by Crippen LogP contribution is -2.34. The molecule has 0 amide bonds. The fraction of sp³-hybridized carbons (Fsp3) is 0.0638. The standard InChI is InChI=1S/C47H38N4S/c1-3-4-23-36(2)47(40-30-17-19-32-42(40)52-43-33-20-18-31-41(43)47)39(28-15-7-5-6-8-22-35-48)29-16-21-34-44-49-45(37-24-11-9-12-25-37)51-46(50-44)38-26-13-10-14-27-38/h3-6,8-14,16-34H,1-2,7,15H2/b6-5-,22-8+,23-4-,29-16-,34-21+,39-28-. The van der Waals surface area contributed by atoms with Crippen molar-refractivity contribution in [3.63, 3.8) is 0 Å². The number of nitrogens with zero attached hydrogens (tertiary/aromatic N) is 4. The number of fused-ring (bicyclic) bond motifs is 2. The second-order valence-electron chi connectivity index (χ2n) is 11.9. The Morgan fingerprint density at radius 2 is 1.27 bits per heavy atom. The van der Waals surface area contributed by atoms with Crippen molar-refractivity contribution < 1.29 is 0 Å².